The van der Waals surface area contributed by atoms with Gasteiger partial charge in [-0.15, -0.1) is 10.2 Å². The number of aryl methyl sites for hydroxylation is 1. The van der Waals surface area contributed by atoms with Gasteiger partial charge in [-0.1, -0.05) is 53.7 Å². The van der Waals surface area contributed by atoms with Crippen LogP contribution >= 0.6 is 11.3 Å². The first-order valence-electron chi connectivity index (χ1n) is 6.92. The van der Waals surface area contributed by atoms with Crippen LogP contribution in [0.25, 0.3) is 11.3 Å². The van der Waals surface area contributed by atoms with Crippen molar-refractivity contribution in [3.8, 4) is 11.3 Å². The van der Waals surface area contributed by atoms with E-state index in [0.717, 1.165) is 23.4 Å². The van der Waals surface area contributed by atoms with Gasteiger partial charge in [0.05, 0.1) is 0 Å². The highest BCUT2D eigenvalue weighted by atomic mass is 32.1. The summed E-state index contributed by atoms with van der Waals surface area (Å²) < 4.78 is 5.21. The van der Waals surface area contributed by atoms with Gasteiger partial charge < -0.3 is 4.52 Å². The molecule has 3 aromatic rings. The largest absolute Gasteiger partial charge is 0.355 e. The summed E-state index contributed by atoms with van der Waals surface area (Å²) in [5, 5.41) is 15.8. The van der Waals surface area contributed by atoms with E-state index in [0.29, 0.717) is 10.9 Å². The first-order valence-corrected chi connectivity index (χ1v) is 7.74. The number of rotatable bonds is 5. The monoisotopic (exact) mass is 314 g/mol. The summed E-state index contributed by atoms with van der Waals surface area (Å²) in [7, 11) is 0. The molecule has 0 aliphatic rings. The Morgan fingerprint density at radius 2 is 2.09 bits per heavy atom. The molecule has 0 spiro atoms. The quantitative estimate of drug-likeness (QED) is 0.780. The summed E-state index contributed by atoms with van der Waals surface area (Å²) in [6, 6.07) is 11.1. The van der Waals surface area contributed by atoms with Crippen molar-refractivity contribution in [3.63, 3.8) is 0 Å². The number of hydrogen-bond acceptors (Lipinski definition) is 6. The zero-order chi connectivity index (χ0) is 15.4. The van der Waals surface area contributed by atoms with Crippen molar-refractivity contribution >= 4 is 22.4 Å². The molecule has 0 saturated carbocycles. The summed E-state index contributed by atoms with van der Waals surface area (Å²) in [6.07, 6.45) is 1.85. The average molecular weight is 314 g/mol. The molecule has 7 heteroatoms. The Labute approximate surface area is 131 Å². The highest BCUT2D eigenvalue weighted by Gasteiger charge is 2.15. The predicted octanol–water partition coefficient (Wildman–Crippen LogP) is 3.40. The van der Waals surface area contributed by atoms with Crippen LogP contribution in [0.5, 0.6) is 0 Å². The van der Waals surface area contributed by atoms with Gasteiger partial charge in [-0.3, -0.25) is 10.1 Å². The van der Waals surface area contributed by atoms with Crippen molar-refractivity contribution in [2.75, 3.05) is 5.32 Å². The maximum Gasteiger partial charge on any atom is 0.279 e. The van der Waals surface area contributed by atoms with Gasteiger partial charge in [0, 0.05) is 18.1 Å². The zero-order valence-electron chi connectivity index (χ0n) is 11.9. The molecule has 1 amide bonds. The molecule has 0 radical (unpaired) electrons. The molecular weight excluding hydrogens is 300 g/mol. The van der Waals surface area contributed by atoms with Crippen LogP contribution in [0.2, 0.25) is 0 Å². The molecule has 0 unspecified atom stereocenters. The number of benzene rings is 1. The fourth-order valence-electron chi connectivity index (χ4n) is 1.90. The molecule has 3 rings (SSSR count). The Morgan fingerprint density at radius 3 is 2.86 bits per heavy atom. The molecule has 0 aliphatic carbocycles. The predicted molar refractivity (Wildman–Crippen MR) is 83.8 cm³/mol. The van der Waals surface area contributed by atoms with Crippen molar-refractivity contribution < 1.29 is 9.32 Å². The van der Waals surface area contributed by atoms with E-state index in [1.165, 1.54) is 11.3 Å². The molecule has 0 bridgehead atoms. The SMILES string of the molecule is CCCc1nnc(NC(=O)c2cc(-c3ccccc3)on2)s1. The minimum Gasteiger partial charge on any atom is -0.355 e. The number of nitrogens with zero attached hydrogens (tertiary/aromatic N) is 3. The van der Waals surface area contributed by atoms with Crippen LogP contribution in [-0.2, 0) is 6.42 Å². The molecule has 0 fully saturated rings. The van der Waals surface area contributed by atoms with Gasteiger partial charge in [0.25, 0.3) is 5.91 Å². The lowest BCUT2D eigenvalue weighted by atomic mass is 10.1. The van der Waals surface area contributed by atoms with Crippen molar-refractivity contribution in [1.29, 1.82) is 0 Å². The van der Waals surface area contributed by atoms with E-state index in [1.54, 1.807) is 6.07 Å². The molecule has 6 nitrogen and oxygen atoms in total. The Hall–Kier alpha value is -2.54. The van der Waals surface area contributed by atoms with Crippen LogP contribution < -0.4 is 5.32 Å². The van der Waals surface area contributed by atoms with Crippen molar-refractivity contribution in [1.82, 2.24) is 15.4 Å². The van der Waals surface area contributed by atoms with E-state index in [2.05, 4.69) is 27.6 Å². The first-order chi connectivity index (χ1) is 10.8. The molecule has 112 valence electrons. The molecule has 0 atom stereocenters. The lowest BCUT2D eigenvalue weighted by Gasteiger charge is -1.95. The molecular formula is C15H14N4O2S. The summed E-state index contributed by atoms with van der Waals surface area (Å²) in [6.45, 7) is 2.07. The lowest BCUT2D eigenvalue weighted by molar-refractivity contribution is 0.101. The third kappa shape index (κ3) is 3.20. The Kier molecular flexibility index (Phi) is 4.24. The topological polar surface area (TPSA) is 80.9 Å². The third-order valence-electron chi connectivity index (χ3n) is 2.95. The van der Waals surface area contributed by atoms with E-state index in [-0.39, 0.29) is 11.6 Å². The second kappa shape index (κ2) is 6.48. The molecule has 1 aromatic carbocycles. The van der Waals surface area contributed by atoms with Crippen LogP contribution in [-0.4, -0.2) is 21.3 Å². The molecule has 0 aliphatic heterocycles. The number of nitrogens with one attached hydrogen (secondary N) is 1. The van der Waals surface area contributed by atoms with Gasteiger partial charge in [-0.2, -0.15) is 0 Å². The molecule has 0 saturated heterocycles. The van der Waals surface area contributed by atoms with Crippen LogP contribution in [0, 0.1) is 0 Å². The van der Waals surface area contributed by atoms with Gasteiger partial charge in [0.2, 0.25) is 5.13 Å². The van der Waals surface area contributed by atoms with Gasteiger partial charge in [-0.05, 0) is 6.42 Å². The van der Waals surface area contributed by atoms with E-state index in [4.69, 9.17) is 4.52 Å². The lowest BCUT2D eigenvalue weighted by Crippen LogP contribution is -2.11. The summed E-state index contributed by atoms with van der Waals surface area (Å²) in [5.41, 5.74) is 1.08. The number of carbonyl (C=O) groups is 1. The number of amides is 1. The Balaban J connectivity index is 1.71. The van der Waals surface area contributed by atoms with Gasteiger partial charge in [0.1, 0.15) is 5.01 Å². The van der Waals surface area contributed by atoms with Gasteiger partial charge >= 0.3 is 0 Å². The fraction of sp³-hybridized carbons (Fsp3) is 0.200. The van der Waals surface area contributed by atoms with Crippen LogP contribution in [0.1, 0.15) is 28.8 Å². The number of anilines is 1. The van der Waals surface area contributed by atoms with Crippen LogP contribution in [0.4, 0.5) is 5.13 Å². The highest BCUT2D eigenvalue weighted by Crippen LogP contribution is 2.21. The normalized spacial score (nSPS) is 10.6. The number of hydrogen-bond donors (Lipinski definition) is 1. The first kappa shape index (κ1) is 14.4. The van der Waals surface area contributed by atoms with E-state index in [1.807, 2.05) is 30.3 Å². The highest BCUT2D eigenvalue weighted by molar-refractivity contribution is 7.15. The van der Waals surface area contributed by atoms with Crippen LogP contribution in [0.3, 0.4) is 0 Å². The maximum absolute atomic E-state index is 12.1. The van der Waals surface area contributed by atoms with E-state index in [9.17, 15) is 4.79 Å². The minimum atomic E-state index is -0.356. The smallest absolute Gasteiger partial charge is 0.279 e. The molecule has 2 aromatic heterocycles. The Morgan fingerprint density at radius 1 is 1.27 bits per heavy atom. The number of carbonyl (C=O) groups excluding carboxylic acids is 1. The maximum atomic E-state index is 12.1. The summed E-state index contributed by atoms with van der Waals surface area (Å²) in [5.74, 6) is 0.194. The van der Waals surface area contributed by atoms with Gasteiger partial charge in [-0.25, -0.2) is 0 Å². The second-order valence-electron chi connectivity index (χ2n) is 4.65. The average Bonchev–Trinajstić information content (AvgIpc) is 3.18. The fourth-order valence-corrected chi connectivity index (χ4v) is 2.74. The van der Waals surface area contributed by atoms with E-state index < -0.39 is 0 Å². The molecule has 22 heavy (non-hydrogen) atoms. The van der Waals surface area contributed by atoms with Crippen LogP contribution in [0.15, 0.2) is 40.9 Å². The minimum absolute atomic E-state index is 0.214. The second-order valence-corrected chi connectivity index (χ2v) is 5.71. The zero-order valence-corrected chi connectivity index (χ0v) is 12.8. The van der Waals surface area contributed by atoms with E-state index >= 15 is 0 Å². The summed E-state index contributed by atoms with van der Waals surface area (Å²) >= 11 is 1.37. The third-order valence-corrected chi connectivity index (χ3v) is 3.85. The van der Waals surface area contributed by atoms with Crippen molar-refractivity contribution in [2.45, 2.75) is 19.8 Å². The number of aromatic nitrogens is 3. The molecule has 2 heterocycles. The van der Waals surface area contributed by atoms with Gasteiger partial charge in [0.15, 0.2) is 11.5 Å². The van der Waals surface area contributed by atoms with Crippen molar-refractivity contribution in [3.05, 3.63) is 47.1 Å². The Bertz CT molecular complexity index is 767. The summed E-state index contributed by atoms with van der Waals surface area (Å²) in [4.78, 5) is 12.1. The molecule has 1 N–H and O–H groups in total. The standard InChI is InChI=1S/C15H14N4O2S/c1-2-6-13-17-18-15(22-13)16-14(20)11-9-12(21-19-11)10-7-4-3-5-8-10/h3-5,7-9H,2,6H2,1H3,(H,16,18,20). The van der Waals surface area contributed by atoms with Crippen molar-refractivity contribution in [2.24, 2.45) is 0 Å².